The topological polar surface area (TPSA) is 34.1 Å². The predicted octanol–water partition coefficient (Wildman–Crippen LogP) is 2.83. The second-order valence-corrected chi connectivity index (χ2v) is 5.51. The number of rotatable bonds is 2. The van der Waals surface area contributed by atoms with Crippen molar-refractivity contribution in [2.75, 3.05) is 0 Å². The molecule has 0 N–H and O–H groups in total. The molecule has 0 heterocycles. The summed E-state index contributed by atoms with van der Waals surface area (Å²) in [5, 5.41) is 0.515. The van der Waals surface area contributed by atoms with Crippen LogP contribution in [0, 0.1) is 0 Å². The molecule has 0 unspecified atom stereocenters. The van der Waals surface area contributed by atoms with E-state index in [0.29, 0.717) is 17.0 Å². The van der Waals surface area contributed by atoms with Gasteiger partial charge in [0.15, 0.2) is 0 Å². The second-order valence-electron chi connectivity index (χ2n) is 2.54. The molecular formula is C8H8Cl2O2S. The summed E-state index contributed by atoms with van der Waals surface area (Å²) in [6.07, 6.45) is 0.585. The van der Waals surface area contributed by atoms with Gasteiger partial charge in [-0.15, -0.1) is 0 Å². The van der Waals surface area contributed by atoms with Gasteiger partial charge < -0.3 is 0 Å². The molecule has 1 aromatic carbocycles. The van der Waals surface area contributed by atoms with Crippen molar-refractivity contribution >= 4 is 31.3 Å². The molecule has 0 aliphatic heterocycles. The van der Waals surface area contributed by atoms with Crippen LogP contribution in [-0.4, -0.2) is 8.42 Å². The van der Waals surface area contributed by atoms with E-state index < -0.39 is 9.05 Å². The lowest BCUT2D eigenvalue weighted by molar-refractivity contribution is 0.608. The summed E-state index contributed by atoms with van der Waals surface area (Å²) in [7, 11) is 1.58. The van der Waals surface area contributed by atoms with Crippen molar-refractivity contribution in [1.29, 1.82) is 0 Å². The largest absolute Gasteiger partial charge is 0.261 e. The van der Waals surface area contributed by atoms with Crippen LogP contribution in [0.15, 0.2) is 23.1 Å². The molecule has 1 rings (SSSR count). The third kappa shape index (κ3) is 2.59. The van der Waals surface area contributed by atoms with Crippen molar-refractivity contribution in [3.63, 3.8) is 0 Å². The zero-order valence-corrected chi connectivity index (χ0v) is 9.25. The van der Waals surface area contributed by atoms with Gasteiger partial charge in [0, 0.05) is 15.7 Å². The molecule has 0 atom stereocenters. The Hall–Kier alpha value is -0.250. The van der Waals surface area contributed by atoms with E-state index in [-0.39, 0.29) is 4.90 Å². The van der Waals surface area contributed by atoms with Crippen molar-refractivity contribution in [1.82, 2.24) is 0 Å². The van der Waals surface area contributed by atoms with E-state index in [0.717, 1.165) is 0 Å². The van der Waals surface area contributed by atoms with Crippen LogP contribution in [0.1, 0.15) is 12.5 Å². The molecule has 1 aromatic rings. The van der Waals surface area contributed by atoms with Crippen molar-refractivity contribution in [2.45, 2.75) is 18.2 Å². The summed E-state index contributed by atoms with van der Waals surface area (Å²) in [5.74, 6) is 0. The van der Waals surface area contributed by atoms with Gasteiger partial charge in [-0.25, -0.2) is 8.42 Å². The predicted molar refractivity (Wildman–Crippen MR) is 53.9 cm³/mol. The SMILES string of the molecule is CCc1cc(Cl)ccc1S(=O)(=O)Cl. The van der Waals surface area contributed by atoms with Gasteiger partial charge in [0.2, 0.25) is 0 Å². The summed E-state index contributed by atoms with van der Waals surface area (Å²) in [6.45, 7) is 1.84. The van der Waals surface area contributed by atoms with Gasteiger partial charge in [-0.1, -0.05) is 18.5 Å². The molecule has 0 bridgehead atoms. The molecule has 0 aliphatic carbocycles. The van der Waals surface area contributed by atoms with E-state index in [1.807, 2.05) is 6.92 Å². The maximum Gasteiger partial charge on any atom is 0.261 e. The van der Waals surface area contributed by atoms with Crippen LogP contribution in [0.25, 0.3) is 0 Å². The van der Waals surface area contributed by atoms with Crippen molar-refractivity contribution in [3.8, 4) is 0 Å². The van der Waals surface area contributed by atoms with E-state index >= 15 is 0 Å². The van der Waals surface area contributed by atoms with Crippen LogP contribution >= 0.6 is 22.3 Å². The fourth-order valence-corrected chi connectivity index (χ4v) is 2.46. The Morgan fingerprint density at radius 1 is 1.38 bits per heavy atom. The lowest BCUT2D eigenvalue weighted by Gasteiger charge is -2.03. The highest BCUT2D eigenvalue weighted by Crippen LogP contribution is 2.23. The molecule has 0 saturated heterocycles. The van der Waals surface area contributed by atoms with Gasteiger partial charge >= 0.3 is 0 Å². The third-order valence-electron chi connectivity index (χ3n) is 1.67. The Balaban J connectivity index is 3.39. The molecule has 13 heavy (non-hydrogen) atoms. The lowest BCUT2D eigenvalue weighted by Crippen LogP contribution is -1.96. The van der Waals surface area contributed by atoms with Gasteiger partial charge in [0.25, 0.3) is 9.05 Å². The zero-order valence-electron chi connectivity index (χ0n) is 6.92. The van der Waals surface area contributed by atoms with Gasteiger partial charge in [-0.3, -0.25) is 0 Å². The number of halogens is 2. The van der Waals surface area contributed by atoms with Crippen LogP contribution in [0.3, 0.4) is 0 Å². The first-order valence-electron chi connectivity index (χ1n) is 3.68. The Morgan fingerprint density at radius 3 is 2.46 bits per heavy atom. The average Bonchev–Trinajstić information content (AvgIpc) is 2.01. The fourth-order valence-electron chi connectivity index (χ4n) is 1.06. The lowest BCUT2D eigenvalue weighted by atomic mass is 10.2. The van der Waals surface area contributed by atoms with Crippen molar-refractivity contribution in [3.05, 3.63) is 28.8 Å². The van der Waals surface area contributed by atoms with Crippen molar-refractivity contribution < 1.29 is 8.42 Å². The van der Waals surface area contributed by atoms with Crippen molar-refractivity contribution in [2.24, 2.45) is 0 Å². The maximum absolute atomic E-state index is 11.0. The van der Waals surface area contributed by atoms with E-state index in [9.17, 15) is 8.42 Å². The molecule has 72 valence electrons. The van der Waals surface area contributed by atoms with E-state index in [1.165, 1.54) is 12.1 Å². The molecule has 5 heteroatoms. The summed E-state index contributed by atoms with van der Waals surface area (Å²) < 4.78 is 22.1. The summed E-state index contributed by atoms with van der Waals surface area (Å²) in [4.78, 5) is 0.140. The molecule has 0 aromatic heterocycles. The minimum Gasteiger partial charge on any atom is -0.207 e. The molecule has 0 fully saturated rings. The summed E-state index contributed by atoms with van der Waals surface area (Å²) in [6, 6.07) is 4.54. The van der Waals surface area contributed by atoms with E-state index in [1.54, 1.807) is 6.07 Å². The molecular weight excluding hydrogens is 231 g/mol. The van der Waals surface area contributed by atoms with Gasteiger partial charge in [-0.2, -0.15) is 0 Å². The highest BCUT2D eigenvalue weighted by Gasteiger charge is 2.14. The number of benzene rings is 1. The monoisotopic (exact) mass is 238 g/mol. The quantitative estimate of drug-likeness (QED) is 0.743. The minimum absolute atomic E-state index is 0.140. The second kappa shape index (κ2) is 3.86. The van der Waals surface area contributed by atoms with Crippen LogP contribution < -0.4 is 0 Å². The summed E-state index contributed by atoms with van der Waals surface area (Å²) >= 11 is 5.71. The first-order valence-corrected chi connectivity index (χ1v) is 6.37. The van der Waals surface area contributed by atoms with Crippen LogP contribution in [0.2, 0.25) is 5.02 Å². The third-order valence-corrected chi connectivity index (χ3v) is 3.32. The van der Waals surface area contributed by atoms with Crippen LogP contribution in [0.5, 0.6) is 0 Å². The number of hydrogen-bond acceptors (Lipinski definition) is 2. The van der Waals surface area contributed by atoms with E-state index in [2.05, 4.69) is 0 Å². The minimum atomic E-state index is -3.65. The first kappa shape index (κ1) is 10.8. The normalized spacial score (nSPS) is 11.6. The molecule has 0 saturated carbocycles. The van der Waals surface area contributed by atoms with E-state index in [4.69, 9.17) is 22.3 Å². The smallest absolute Gasteiger partial charge is 0.207 e. The summed E-state index contributed by atoms with van der Waals surface area (Å²) in [5.41, 5.74) is 0.641. The van der Waals surface area contributed by atoms with Gasteiger partial charge in [-0.05, 0) is 30.2 Å². The zero-order chi connectivity index (χ0) is 10.1. The Bertz CT molecular complexity index is 412. The first-order chi connectivity index (χ1) is 5.95. The average molecular weight is 239 g/mol. The number of hydrogen-bond donors (Lipinski definition) is 0. The standard InChI is InChI=1S/C8H8Cl2O2S/c1-2-6-5-7(9)3-4-8(6)13(10,11)12/h3-5H,2H2,1H3. The molecule has 0 amide bonds. The van der Waals surface area contributed by atoms with Gasteiger partial charge in [0.05, 0.1) is 4.90 Å². The Morgan fingerprint density at radius 2 is 2.00 bits per heavy atom. The highest BCUT2D eigenvalue weighted by atomic mass is 35.7. The number of aryl methyl sites for hydroxylation is 1. The van der Waals surface area contributed by atoms with Crippen LogP contribution in [0.4, 0.5) is 0 Å². The molecule has 0 spiro atoms. The molecule has 0 radical (unpaired) electrons. The van der Waals surface area contributed by atoms with Crippen LogP contribution in [-0.2, 0) is 15.5 Å². The Labute approximate surface area is 86.9 Å². The molecule has 0 aliphatic rings. The van der Waals surface area contributed by atoms with Gasteiger partial charge in [0.1, 0.15) is 0 Å². The maximum atomic E-state index is 11.0. The fraction of sp³-hybridized carbons (Fsp3) is 0.250. The highest BCUT2D eigenvalue weighted by molar-refractivity contribution is 8.13. The Kier molecular flexibility index (Phi) is 3.22. The molecule has 2 nitrogen and oxygen atoms in total.